The van der Waals surface area contributed by atoms with Crippen molar-refractivity contribution in [2.24, 2.45) is 0 Å². The molecule has 4 heteroatoms. The molecule has 0 saturated carbocycles. The van der Waals surface area contributed by atoms with Crippen LogP contribution in [0, 0.1) is 13.8 Å². The summed E-state index contributed by atoms with van der Waals surface area (Å²) >= 11 is 0. The molecule has 2 aromatic heterocycles. The van der Waals surface area contributed by atoms with Crippen LogP contribution >= 0.6 is 0 Å². The van der Waals surface area contributed by atoms with Crippen LogP contribution in [0.2, 0.25) is 0 Å². The number of fused-ring (bicyclic) bond motifs is 2. The number of hydrogen-bond acceptors (Lipinski definition) is 3. The van der Waals surface area contributed by atoms with Crippen molar-refractivity contribution in [3.8, 4) is 0 Å². The SMILES string of the molecule is Cc1cc(C)c2occ(C(=O)Nc3ccc4c(c3)CCC4)c2n1. The number of nitrogens with zero attached hydrogens (tertiary/aromatic N) is 1. The van der Waals surface area contributed by atoms with E-state index in [9.17, 15) is 4.79 Å². The summed E-state index contributed by atoms with van der Waals surface area (Å²) in [5.74, 6) is -0.181. The van der Waals surface area contributed by atoms with Crippen molar-refractivity contribution in [1.29, 1.82) is 0 Å². The summed E-state index contributed by atoms with van der Waals surface area (Å²) in [5.41, 5.74) is 7.21. The summed E-state index contributed by atoms with van der Waals surface area (Å²) in [5, 5.41) is 2.97. The Labute approximate surface area is 134 Å². The van der Waals surface area contributed by atoms with Gasteiger partial charge in [-0.2, -0.15) is 0 Å². The molecule has 0 unspecified atom stereocenters. The molecule has 0 bridgehead atoms. The molecule has 1 aliphatic rings. The minimum Gasteiger partial charge on any atom is -0.461 e. The van der Waals surface area contributed by atoms with Gasteiger partial charge in [-0.3, -0.25) is 4.79 Å². The zero-order valence-electron chi connectivity index (χ0n) is 13.3. The number of rotatable bonds is 2. The maximum absolute atomic E-state index is 12.6. The van der Waals surface area contributed by atoms with Gasteiger partial charge in [-0.15, -0.1) is 0 Å². The normalized spacial score (nSPS) is 13.3. The minimum absolute atomic E-state index is 0.181. The highest BCUT2D eigenvalue weighted by atomic mass is 16.3. The van der Waals surface area contributed by atoms with Gasteiger partial charge in [0.25, 0.3) is 5.91 Å². The maximum atomic E-state index is 12.6. The predicted octanol–water partition coefficient (Wildman–Crippen LogP) is 4.19. The predicted molar refractivity (Wildman–Crippen MR) is 89.9 cm³/mol. The number of pyridine rings is 1. The van der Waals surface area contributed by atoms with Gasteiger partial charge in [-0.1, -0.05) is 6.07 Å². The van der Waals surface area contributed by atoms with E-state index in [0.717, 1.165) is 29.8 Å². The summed E-state index contributed by atoms with van der Waals surface area (Å²) in [6, 6.07) is 8.10. The van der Waals surface area contributed by atoms with Gasteiger partial charge in [0.15, 0.2) is 5.58 Å². The lowest BCUT2D eigenvalue weighted by atomic mass is 10.1. The topological polar surface area (TPSA) is 55.1 Å². The van der Waals surface area contributed by atoms with Crippen LogP contribution in [0.25, 0.3) is 11.1 Å². The lowest BCUT2D eigenvalue weighted by molar-refractivity contribution is 0.102. The summed E-state index contributed by atoms with van der Waals surface area (Å²) < 4.78 is 5.54. The number of carbonyl (C=O) groups excluding carboxylic acids is 1. The third kappa shape index (κ3) is 2.40. The number of aryl methyl sites for hydroxylation is 4. The van der Waals surface area contributed by atoms with Crippen LogP contribution in [0.1, 0.15) is 39.2 Å². The van der Waals surface area contributed by atoms with E-state index >= 15 is 0 Å². The first kappa shape index (κ1) is 14.0. The quantitative estimate of drug-likeness (QED) is 0.772. The molecule has 116 valence electrons. The minimum atomic E-state index is -0.181. The fraction of sp³-hybridized carbons (Fsp3) is 0.263. The molecule has 23 heavy (non-hydrogen) atoms. The highest BCUT2D eigenvalue weighted by molar-refractivity contribution is 6.11. The van der Waals surface area contributed by atoms with Crippen molar-refractivity contribution in [2.45, 2.75) is 33.1 Å². The summed E-state index contributed by atoms with van der Waals surface area (Å²) in [7, 11) is 0. The lowest BCUT2D eigenvalue weighted by Gasteiger charge is -2.06. The Bertz CT molecular complexity index is 925. The Kier molecular flexibility index (Phi) is 3.18. The van der Waals surface area contributed by atoms with Crippen LogP contribution in [0.15, 0.2) is 34.9 Å². The number of anilines is 1. The zero-order chi connectivity index (χ0) is 16.0. The van der Waals surface area contributed by atoms with Gasteiger partial charge in [-0.05, 0) is 68.0 Å². The molecule has 1 aromatic carbocycles. The molecule has 3 aromatic rings. The van der Waals surface area contributed by atoms with Gasteiger partial charge >= 0.3 is 0 Å². The largest absolute Gasteiger partial charge is 0.461 e. The molecule has 0 fully saturated rings. The van der Waals surface area contributed by atoms with E-state index in [1.54, 1.807) is 0 Å². The fourth-order valence-corrected chi connectivity index (χ4v) is 3.34. The Balaban J connectivity index is 1.67. The van der Waals surface area contributed by atoms with E-state index < -0.39 is 0 Å². The third-order valence-corrected chi connectivity index (χ3v) is 4.44. The first-order valence-corrected chi connectivity index (χ1v) is 7.90. The Morgan fingerprint density at radius 2 is 2.00 bits per heavy atom. The molecule has 0 radical (unpaired) electrons. The zero-order valence-corrected chi connectivity index (χ0v) is 13.3. The van der Waals surface area contributed by atoms with Crippen LogP contribution in [0.5, 0.6) is 0 Å². The number of furan rings is 1. The van der Waals surface area contributed by atoms with Gasteiger partial charge in [0.2, 0.25) is 0 Å². The number of nitrogens with one attached hydrogen (secondary N) is 1. The summed E-state index contributed by atoms with van der Waals surface area (Å²) in [4.78, 5) is 17.1. The average Bonchev–Trinajstić information content (AvgIpc) is 3.12. The highest BCUT2D eigenvalue weighted by Gasteiger charge is 2.18. The second-order valence-corrected chi connectivity index (χ2v) is 6.20. The fourth-order valence-electron chi connectivity index (χ4n) is 3.34. The Morgan fingerprint density at radius 1 is 1.17 bits per heavy atom. The summed E-state index contributed by atoms with van der Waals surface area (Å²) in [6.07, 6.45) is 4.92. The van der Waals surface area contributed by atoms with Crippen molar-refractivity contribution in [3.05, 3.63) is 58.5 Å². The molecule has 1 amide bonds. The van der Waals surface area contributed by atoms with E-state index in [1.807, 2.05) is 26.0 Å². The Hall–Kier alpha value is -2.62. The van der Waals surface area contributed by atoms with Crippen molar-refractivity contribution >= 4 is 22.7 Å². The molecule has 0 aliphatic heterocycles. The van der Waals surface area contributed by atoms with Crippen molar-refractivity contribution in [3.63, 3.8) is 0 Å². The molecular weight excluding hydrogens is 288 g/mol. The lowest BCUT2D eigenvalue weighted by Crippen LogP contribution is -2.12. The van der Waals surface area contributed by atoms with Gasteiger partial charge in [-0.25, -0.2) is 4.98 Å². The van der Waals surface area contributed by atoms with E-state index in [2.05, 4.69) is 22.4 Å². The van der Waals surface area contributed by atoms with Crippen molar-refractivity contribution in [1.82, 2.24) is 4.98 Å². The van der Waals surface area contributed by atoms with Crippen molar-refractivity contribution in [2.75, 3.05) is 5.32 Å². The molecule has 0 saturated heterocycles. The number of carbonyl (C=O) groups is 1. The standard InChI is InChI=1S/C19H18N2O2/c1-11-8-12(2)20-17-16(10-23-18(11)17)19(22)21-15-7-6-13-4-3-5-14(13)9-15/h6-10H,3-5H2,1-2H3,(H,21,22). The van der Waals surface area contributed by atoms with Crippen LogP contribution in [-0.4, -0.2) is 10.9 Å². The number of amides is 1. The average molecular weight is 306 g/mol. The van der Waals surface area contributed by atoms with Gasteiger partial charge in [0.1, 0.15) is 17.3 Å². The summed E-state index contributed by atoms with van der Waals surface area (Å²) in [6.45, 7) is 3.88. The number of hydrogen-bond donors (Lipinski definition) is 1. The van der Waals surface area contributed by atoms with Crippen LogP contribution in [0.3, 0.4) is 0 Å². The van der Waals surface area contributed by atoms with E-state index in [4.69, 9.17) is 4.42 Å². The maximum Gasteiger partial charge on any atom is 0.261 e. The molecule has 0 atom stereocenters. The number of benzene rings is 1. The van der Waals surface area contributed by atoms with Crippen LogP contribution in [-0.2, 0) is 12.8 Å². The molecule has 1 N–H and O–H groups in total. The number of aromatic nitrogens is 1. The third-order valence-electron chi connectivity index (χ3n) is 4.44. The molecule has 0 spiro atoms. The van der Waals surface area contributed by atoms with Gasteiger partial charge in [0.05, 0.1) is 0 Å². The van der Waals surface area contributed by atoms with E-state index in [1.165, 1.54) is 23.8 Å². The van der Waals surface area contributed by atoms with E-state index in [0.29, 0.717) is 16.7 Å². The monoisotopic (exact) mass is 306 g/mol. The smallest absolute Gasteiger partial charge is 0.261 e. The molecule has 2 heterocycles. The molecule has 1 aliphatic carbocycles. The van der Waals surface area contributed by atoms with Crippen LogP contribution < -0.4 is 5.32 Å². The first-order chi connectivity index (χ1) is 11.1. The first-order valence-electron chi connectivity index (χ1n) is 7.90. The molecule has 4 rings (SSSR count). The Morgan fingerprint density at radius 3 is 2.87 bits per heavy atom. The molecular formula is C19H18N2O2. The van der Waals surface area contributed by atoms with E-state index in [-0.39, 0.29) is 5.91 Å². The second-order valence-electron chi connectivity index (χ2n) is 6.20. The second kappa shape index (κ2) is 5.23. The van der Waals surface area contributed by atoms with Gasteiger partial charge in [0, 0.05) is 11.4 Å². The van der Waals surface area contributed by atoms with Gasteiger partial charge < -0.3 is 9.73 Å². The van der Waals surface area contributed by atoms with Crippen molar-refractivity contribution < 1.29 is 9.21 Å². The highest BCUT2D eigenvalue weighted by Crippen LogP contribution is 2.27. The molecule has 4 nitrogen and oxygen atoms in total. The van der Waals surface area contributed by atoms with Crippen LogP contribution in [0.4, 0.5) is 5.69 Å².